The van der Waals surface area contributed by atoms with E-state index in [-0.39, 0.29) is 23.3 Å². The minimum absolute atomic E-state index is 0.0493. The van der Waals surface area contributed by atoms with Crippen molar-refractivity contribution in [3.05, 3.63) is 35.4 Å². The van der Waals surface area contributed by atoms with Crippen molar-refractivity contribution in [1.29, 1.82) is 0 Å². The van der Waals surface area contributed by atoms with Crippen LogP contribution in [0.25, 0.3) is 0 Å². The Morgan fingerprint density at radius 3 is 1.32 bits per heavy atom. The highest BCUT2D eigenvalue weighted by atomic mass is 32.1. The second kappa shape index (κ2) is 6.91. The van der Waals surface area contributed by atoms with Crippen molar-refractivity contribution in [3.8, 4) is 11.5 Å². The molecule has 0 radical (unpaired) electrons. The Hall–Kier alpha value is -0.560. The lowest BCUT2D eigenvalue weighted by Gasteiger charge is -2.24. The first kappa shape index (κ1) is 17.8. The van der Waals surface area contributed by atoms with Crippen molar-refractivity contribution < 1.29 is 10.2 Å². The minimum Gasteiger partial charge on any atom is -0.506 e. The molecule has 0 spiro atoms. The van der Waals surface area contributed by atoms with Gasteiger partial charge in [0.05, 0.1) is 0 Å². The van der Waals surface area contributed by atoms with Crippen LogP contribution in [0.5, 0.6) is 11.5 Å². The van der Waals surface area contributed by atoms with E-state index in [1.165, 1.54) is 0 Å². The maximum Gasteiger partial charge on any atom is 0.132 e. The summed E-state index contributed by atoms with van der Waals surface area (Å²) in [7, 11) is 0. The maximum atomic E-state index is 10.3. The van der Waals surface area contributed by atoms with Crippen LogP contribution >= 0.6 is 50.5 Å². The standard InChI is InChI=1S/C16H18O2S4/c1-7(11-3-9(19)5-13(21)15(11)17)8(2)12-4-10(20)6-14(22)16(12)18/h3-8,17-22H,1-2H3. The van der Waals surface area contributed by atoms with Crippen LogP contribution in [0.1, 0.15) is 36.8 Å². The second-order valence-electron chi connectivity index (χ2n) is 5.38. The molecule has 2 N–H and O–H groups in total. The molecule has 2 nitrogen and oxygen atoms in total. The number of aromatic hydroxyl groups is 2. The summed E-state index contributed by atoms with van der Waals surface area (Å²) in [6.45, 7) is 3.98. The van der Waals surface area contributed by atoms with Crippen molar-refractivity contribution in [2.45, 2.75) is 45.3 Å². The molecule has 118 valence electrons. The van der Waals surface area contributed by atoms with E-state index in [0.29, 0.717) is 9.79 Å². The molecule has 0 bridgehead atoms. The van der Waals surface area contributed by atoms with Gasteiger partial charge in [0.2, 0.25) is 0 Å². The number of phenols is 2. The van der Waals surface area contributed by atoms with Gasteiger partial charge in [0, 0.05) is 19.6 Å². The van der Waals surface area contributed by atoms with E-state index in [4.69, 9.17) is 0 Å². The summed E-state index contributed by atoms with van der Waals surface area (Å²) >= 11 is 17.2. The van der Waals surface area contributed by atoms with Crippen molar-refractivity contribution >= 4 is 50.5 Å². The van der Waals surface area contributed by atoms with Crippen molar-refractivity contribution in [1.82, 2.24) is 0 Å². The third kappa shape index (κ3) is 3.50. The van der Waals surface area contributed by atoms with Crippen LogP contribution < -0.4 is 0 Å². The predicted octanol–water partition coefficient (Wildman–Crippen LogP) is 5.16. The van der Waals surface area contributed by atoms with Gasteiger partial charge in [0.15, 0.2) is 0 Å². The molecule has 0 aromatic heterocycles. The van der Waals surface area contributed by atoms with Crippen LogP contribution in [-0.2, 0) is 0 Å². The van der Waals surface area contributed by atoms with E-state index in [1.54, 1.807) is 12.1 Å². The lowest BCUT2D eigenvalue weighted by atomic mass is 9.83. The molecule has 0 saturated heterocycles. The van der Waals surface area contributed by atoms with E-state index in [9.17, 15) is 10.2 Å². The smallest absolute Gasteiger partial charge is 0.132 e. The van der Waals surface area contributed by atoms with Crippen LogP contribution in [0.4, 0.5) is 0 Å². The molecule has 0 aliphatic carbocycles. The second-order valence-corrected chi connectivity index (χ2v) is 7.38. The summed E-state index contributed by atoms with van der Waals surface area (Å²) in [5.41, 5.74) is 1.49. The Bertz CT molecular complexity index is 654. The summed E-state index contributed by atoms with van der Waals surface area (Å²) in [6.07, 6.45) is 0. The Balaban J connectivity index is 2.48. The molecule has 6 heteroatoms. The normalized spacial score (nSPS) is 13.9. The SMILES string of the molecule is CC(c1cc(S)cc(S)c1O)C(C)c1cc(S)cc(S)c1O. The highest BCUT2D eigenvalue weighted by Gasteiger charge is 2.24. The fourth-order valence-electron chi connectivity index (χ4n) is 2.48. The molecule has 2 atom stereocenters. The number of rotatable bonds is 3. The van der Waals surface area contributed by atoms with Gasteiger partial charge in [-0.1, -0.05) is 13.8 Å². The van der Waals surface area contributed by atoms with E-state index in [1.807, 2.05) is 26.0 Å². The maximum absolute atomic E-state index is 10.3. The van der Waals surface area contributed by atoms with E-state index >= 15 is 0 Å². The van der Waals surface area contributed by atoms with E-state index in [0.717, 1.165) is 20.9 Å². The fraction of sp³-hybridized carbons (Fsp3) is 0.250. The van der Waals surface area contributed by atoms with Gasteiger partial charge in [0.1, 0.15) is 11.5 Å². The quantitative estimate of drug-likeness (QED) is 0.423. The lowest BCUT2D eigenvalue weighted by molar-refractivity contribution is 0.430. The summed E-state index contributed by atoms with van der Waals surface area (Å²) in [5, 5.41) is 20.5. The Morgan fingerprint density at radius 1 is 0.682 bits per heavy atom. The van der Waals surface area contributed by atoms with Crippen molar-refractivity contribution in [2.75, 3.05) is 0 Å². The summed E-state index contributed by atoms with van der Waals surface area (Å²) < 4.78 is 0. The van der Waals surface area contributed by atoms with Crippen LogP contribution in [0, 0.1) is 0 Å². The van der Waals surface area contributed by atoms with Gasteiger partial charge in [-0.2, -0.15) is 0 Å². The van der Waals surface area contributed by atoms with Gasteiger partial charge < -0.3 is 10.2 Å². The molecule has 0 aliphatic rings. The van der Waals surface area contributed by atoms with Crippen LogP contribution in [-0.4, -0.2) is 10.2 Å². The molecule has 2 aromatic carbocycles. The van der Waals surface area contributed by atoms with Gasteiger partial charge in [-0.05, 0) is 47.2 Å². The molecule has 0 saturated carbocycles. The Labute approximate surface area is 152 Å². The van der Waals surface area contributed by atoms with E-state index in [2.05, 4.69) is 50.5 Å². The molecule has 2 rings (SSSR count). The fourth-order valence-corrected chi connectivity index (χ4v) is 3.76. The third-order valence-corrected chi connectivity index (χ3v) is 5.14. The average molecular weight is 371 g/mol. The van der Waals surface area contributed by atoms with Crippen molar-refractivity contribution in [2.24, 2.45) is 0 Å². The molecule has 2 unspecified atom stereocenters. The lowest BCUT2D eigenvalue weighted by Crippen LogP contribution is -2.06. The highest BCUT2D eigenvalue weighted by Crippen LogP contribution is 2.44. The van der Waals surface area contributed by atoms with Crippen LogP contribution in [0.3, 0.4) is 0 Å². The Kier molecular flexibility index (Phi) is 5.59. The van der Waals surface area contributed by atoms with Gasteiger partial charge in [-0.3, -0.25) is 0 Å². The largest absolute Gasteiger partial charge is 0.506 e. The molecule has 0 aliphatic heterocycles. The monoisotopic (exact) mass is 370 g/mol. The first-order valence-electron chi connectivity index (χ1n) is 6.72. The minimum atomic E-state index is -0.0493. The zero-order chi connectivity index (χ0) is 16.6. The first-order chi connectivity index (χ1) is 10.2. The number of phenolic OH excluding ortho intramolecular Hbond substituents is 2. The highest BCUT2D eigenvalue weighted by molar-refractivity contribution is 7.81. The number of hydrogen-bond donors (Lipinski definition) is 6. The number of thiol groups is 4. The van der Waals surface area contributed by atoms with Gasteiger partial charge in [-0.25, -0.2) is 0 Å². The molecule has 0 heterocycles. The van der Waals surface area contributed by atoms with Crippen LogP contribution in [0.15, 0.2) is 43.8 Å². The molecule has 0 fully saturated rings. The van der Waals surface area contributed by atoms with Gasteiger partial charge in [-0.15, -0.1) is 50.5 Å². The van der Waals surface area contributed by atoms with Crippen LogP contribution in [0.2, 0.25) is 0 Å². The van der Waals surface area contributed by atoms with Crippen molar-refractivity contribution in [3.63, 3.8) is 0 Å². The van der Waals surface area contributed by atoms with E-state index < -0.39 is 0 Å². The molecule has 22 heavy (non-hydrogen) atoms. The zero-order valence-electron chi connectivity index (χ0n) is 12.1. The molecular weight excluding hydrogens is 352 g/mol. The summed E-state index contributed by atoms with van der Waals surface area (Å²) in [6, 6.07) is 7.03. The number of hydrogen-bond acceptors (Lipinski definition) is 6. The molecular formula is C16H18O2S4. The topological polar surface area (TPSA) is 40.5 Å². The Morgan fingerprint density at radius 2 is 1.00 bits per heavy atom. The summed E-state index contributed by atoms with van der Waals surface area (Å²) in [4.78, 5) is 2.45. The summed E-state index contributed by atoms with van der Waals surface area (Å²) in [5.74, 6) is 0.194. The van der Waals surface area contributed by atoms with Gasteiger partial charge in [0.25, 0.3) is 0 Å². The average Bonchev–Trinajstić information content (AvgIpc) is 2.45. The van der Waals surface area contributed by atoms with Gasteiger partial charge >= 0.3 is 0 Å². The molecule has 0 amide bonds. The first-order valence-corrected chi connectivity index (χ1v) is 8.51. The zero-order valence-corrected chi connectivity index (χ0v) is 15.7. The third-order valence-electron chi connectivity index (χ3n) is 3.94. The number of benzene rings is 2. The predicted molar refractivity (Wildman–Crippen MR) is 102 cm³/mol. The molecule has 2 aromatic rings.